The van der Waals surface area contributed by atoms with E-state index in [0.717, 1.165) is 12.8 Å². The van der Waals surface area contributed by atoms with Crippen molar-refractivity contribution in [2.45, 2.75) is 45.1 Å². The number of allylic oxidation sites excluding steroid dienone is 2. The molecule has 0 unspecified atom stereocenters. The summed E-state index contributed by atoms with van der Waals surface area (Å²) in [6, 6.07) is 4.56. The Kier molecular flexibility index (Phi) is 3.59. The van der Waals surface area contributed by atoms with Crippen molar-refractivity contribution in [3.63, 3.8) is 0 Å². The molecular weight excluding hydrogens is 240 g/mol. The summed E-state index contributed by atoms with van der Waals surface area (Å²) in [6.07, 6.45) is 3.94. The minimum atomic E-state index is -0.820. The molecule has 2 atom stereocenters. The third-order valence-corrected chi connectivity index (χ3v) is 4.02. The topological polar surface area (TPSA) is 60.7 Å². The van der Waals surface area contributed by atoms with Crippen LogP contribution in [0.2, 0.25) is 0 Å². The average Bonchev–Trinajstić information content (AvgIpc) is 2.30. The number of hydrogen-bond donors (Lipinski definition) is 3. The quantitative estimate of drug-likeness (QED) is 0.566. The van der Waals surface area contributed by atoms with Gasteiger partial charge in [0.15, 0.2) is 0 Å². The Bertz CT molecular complexity index is 497. The van der Waals surface area contributed by atoms with Crippen LogP contribution in [0.15, 0.2) is 29.8 Å². The van der Waals surface area contributed by atoms with Gasteiger partial charge in [0.2, 0.25) is 0 Å². The minimum absolute atomic E-state index is 0.0314. The Hall–Kier alpha value is -1.48. The lowest BCUT2D eigenvalue weighted by Crippen LogP contribution is -2.36. The summed E-state index contributed by atoms with van der Waals surface area (Å²) in [5, 5.41) is 30.0. The van der Waals surface area contributed by atoms with Crippen molar-refractivity contribution in [3.8, 4) is 11.5 Å². The molecule has 0 bridgehead atoms. The second-order valence-corrected chi connectivity index (χ2v) is 6.08. The van der Waals surface area contributed by atoms with Crippen LogP contribution in [-0.2, 0) is 0 Å². The fraction of sp³-hybridized carbons (Fsp3) is 0.500. The van der Waals surface area contributed by atoms with E-state index in [0.29, 0.717) is 5.56 Å². The summed E-state index contributed by atoms with van der Waals surface area (Å²) in [5.41, 5.74) is 1.12. The first-order valence-electron chi connectivity index (χ1n) is 6.70. The second-order valence-electron chi connectivity index (χ2n) is 6.08. The predicted octanol–water partition coefficient (Wildman–Crippen LogP) is 3.31. The van der Waals surface area contributed by atoms with Gasteiger partial charge in [-0.2, -0.15) is 0 Å². The molecule has 0 saturated heterocycles. The molecule has 0 aliphatic heterocycles. The van der Waals surface area contributed by atoms with Crippen LogP contribution in [0.3, 0.4) is 0 Å². The molecule has 0 spiro atoms. The Morgan fingerprint density at radius 1 is 1.21 bits per heavy atom. The van der Waals surface area contributed by atoms with Crippen molar-refractivity contribution in [2.75, 3.05) is 0 Å². The van der Waals surface area contributed by atoms with Crippen LogP contribution in [0.4, 0.5) is 0 Å². The number of aliphatic hydroxyl groups is 1. The lowest BCUT2D eigenvalue weighted by atomic mass is 9.70. The Morgan fingerprint density at radius 3 is 2.53 bits per heavy atom. The fourth-order valence-corrected chi connectivity index (χ4v) is 2.98. The SMILES string of the molecule is CC1=C[C@@H](c2cc(O)ccc2O)[C@@H](C(C)(C)O)CC1. The van der Waals surface area contributed by atoms with E-state index in [1.54, 1.807) is 19.9 Å². The molecule has 3 N–H and O–H groups in total. The second kappa shape index (κ2) is 4.89. The fourth-order valence-electron chi connectivity index (χ4n) is 2.98. The van der Waals surface area contributed by atoms with Crippen molar-refractivity contribution in [2.24, 2.45) is 5.92 Å². The van der Waals surface area contributed by atoms with Gasteiger partial charge in [-0.05, 0) is 57.7 Å². The first kappa shape index (κ1) is 13.9. The van der Waals surface area contributed by atoms with Crippen LogP contribution in [0.5, 0.6) is 11.5 Å². The Morgan fingerprint density at radius 2 is 1.89 bits per heavy atom. The minimum Gasteiger partial charge on any atom is -0.508 e. The van der Waals surface area contributed by atoms with Gasteiger partial charge in [0.25, 0.3) is 0 Å². The number of aromatic hydroxyl groups is 2. The molecule has 19 heavy (non-hydrogen) atoms. The van der Waals surface area contributed by atoms with Gasteiger partial charge in [-0.15, -0.1) is 0 Å². The predicted molar refractivity (Wildman–Crippen MR) is 75.3 cm³/mol. The molecule has 1 aliphatic rings. The number of benzene rings is 1. The molecular formula is C16H22O3. The van der Waals surface area contributed by atoms with E-state index < -0.39 is 5.60 Å². The van der Waals surface area contributed by atoms with Crippen LogP contribution in [-0.4, -0.2) is 20.9 Å². The van der Waals surface area contributed by atoms with Gasteiger partial charge in [-0.3, -0.25) is 0 Å². The van der Waals surface area contributed by atoms with E-state index in [4.69, 9.17) is 0 Å². The van der Waals surface area contributed by atoms with Crippen LogP contribution in [0, 0.1) is 5.92 Å². The summed E-state index contributed by atoms with van der Waals surface area (Å²) < 4.78 is 0. The van der Waals surface area contributed by atoms with Gasteiger partial charge < -0.3 is 15.3 Å². The summed E-state index contributed by atoms with van der Waals surface area (Å²) >= 11 is 0. The smallest absolute Gasteiger partial charge is 0.119 e. The summed E-state index contributed by atoms with van der Waals surface area (Å²) in [4.78, 5) is 0. The van der Waals surface area contributed by atoms with Crippen molar-refractivity contribution in [3.05, 3.63) is 35.4 Å². The number of hydrogen-bond acceptors (Lipinski definition) is 3. The summed E-state index contributed by atoms with van der Waals surface area (Å²) in [7, 11) is 0. The van der Waals surface area contributed by atoms with Crippen molar-refractivity contribution in [1.82, 2.24) is 0 Å². The molecule has 3 nitrogen and oxygen atoms in total. The zero-order valence-electron chi connectivity index (χ0n) is 11.7. The van der Waals surface area contributed by atoms with Crippen LogP contribution < -0.4 is 0 Å². The van der Waals surface area contributed by atoms with Crippen molar-refractivity contribution >= 4 is 0 Å². The lowest BCUT2D eigenvalue weighted by Gasteiger charge is -2.38. The van der Waals surface area contributed by atoms with Crippen LogP contribution in [0.25, 0.3) is 0 Å². The standard InChI is InChI=1S/C16H22O3/c1-10-4-6-14(16(2,3)19)12(8-10)13-9-11(17)5-7-15(13)18/h5,7-9,12,14,17-19H,4,6H2,1-3H3/t12-,14-/m0/s1. The molecule has 1 aliphatic carbocycles. The third kappa shape index (κ3) is 2.92. The van der Waals surface area contributed by atoms with Gasteiger partial charge >= 0.3 is 0 Å². The summed E-state index contributed by atoms with van der Waals surface area (Å²) in [6.45, 7) is 5.67. The highest BCUT2D eigenvalue weighted by Gasteiger charge is 2.36. The number of rotatable bonds is 2. The average molecular weight is 262 g/mol. The van der Waals surface area contributed by atoms with Crippen LogP contribution in [0.1, 0.15) is 45.1 Å². The highest BCUT2D eigenvalue weighted by Crippen LogP contribution is 2.45. The Balaban J connectivity index is 2.48. The molecule has 0 aromatic heterocycles. The summed E-state index contributed by atoms with van der Waals surface area (Å²) in [5.74, 6) is 0.270. The maximum absolute atomic E-state index is 10.3. The molecule has 0 saturated carbocycles. The maximum Gasteiger partial charge on any atom is 0.119 e. The molecule has 1 aromatic carbocycles. The van der Waals surface area contributed by atoms with Crippen LogP contribution >= 0.6 is 0 Å². The van der Waals surface area contributed by atoms with E-state index in [2.05, 4.69) is 13.0 Å². The highest BCUT2D eigenvalue weighted by molar-refractivity contribution is 5.44. The number of phenols is 2. The third-order valence-electron chi connectivity index (χ3n) is 4.02. The van der Waals surface area contributed by atoms with E-state index in [-0.39, 0.29) is 23.3 Å². The maximum atomic E-state index is 10.3. The molecule has 0 radical (unpaired) electrons. The van der Waals surface area contributed by atoms with Gasteiger partial charge in [-0.1, -0.05) is 11.6 Å². The van der Waals surface area contributed by atoms with Gasteiger partial charge in [0.1, 0.15) is 11.5 Å². The van der Waals surface area contributed by atoms with E-state index in [1.165, 1.54) is 17.7 Å². The molecule has 0 heterocycles. The molecule has 3 heteroatoms. The van der Waals surface area contributed by atoms with Crippen molar-refractivity contribution < 1.29 is 15.3 Å². The molecule has 2 rings (SSSR count). The van der Waals surface area contributed by atoms with Gasteiger partial charge in [-0.25, -0.2) is 0 Å². The first-order valence-corrected chi connectivity index (χ1v) is 6.70. The van der Waals surface area contributed by atoms with Crippen molar-refractivity contribution in [1.29, 1.82) is 0 Å². The van der Waals surface area contributed by atoms with Gasteiger partial charge in [0, 0.05) is 11.5 Å². The molecule has 1 aromatic rings. The molecule has 0 fully saturated rings. The highest BCUT2D eigenvalue weighted by atomic mass is 16.3. The van der Waals surface area contributed by atoms with E-state index in [1.807, 2.05) is 0 Å². The Labute approximate surface area is 114 Å². The van der Waals surface area contributed by atoms with Gasteiger partial charge in [0.05, 0.1) is 5.60 Å². The lowest BCUT2D eigenvalue weighted by molar-refractivity contribution is 0.00441. The molecule has 104 valence electrons. The zero-order valence-corrected chi connectivity index (χ0v) is 11.7. The zero-order chi connectivity index (χ0) is 14.2. The molecule has 0 amide bonds. The first-order chi connectivity index (χ1) is 8.79. The number of phenolic OH excluding ortho intramolecular Hbond substituents is 2. The normalized spacial score (nSPS) is 24.1. The largest absolute Gasteiger partial charge is 0.508 e. The van der Waals surface area contributed by atoms with E-state index in [9.17, 15) is 15.3 Å². The van der Waals surface area contributed by atoms with E-state index >= 15 is 0 Å². The monoisotopic (exact) mass is 262 g/mol.